The minimum Gasteiger partial charge on any atom is -0.497 e. The second kappa shape index (κ2) is 6.54. The molecule has 0 N–H and O–H groups in total. The van der Waals surface area contributed by atoms with Gasteiger partial charge < -0.3 is 14.4 Å². The van der Waals surface area contributed by atoms with Gasteiger partial charge in [0.05, 0.1) is 25.3 Å². The Kier molecular flexibility index (Phi) is 4.29. The van der Waals surface area contributed by atoms with E-state index in [2.05, 4.69) is 9.97 Å². The maximum Gasteiger partial charge on any atom is 0.337 e. The lowest BCUT2D eigenvalue weighted by Crippen LogP contribution is -2.12. The van der Waals surface area contributed by atoms with Crippen molar-refractivity contribution in [2.45, 2.75) is 0 Å². The number of esters is 1. The summed E-state index contributed by atoms with van der Waals surface area (Å²) in [6.07, 6.45) is 1.48. The molecule has 0 aliphatic carbocycles. The van der Waals surface area contributed by atoms with Crippen molar-refractivity contribution >= 4 is 28.4 Å². The molecular formula is C18H17N3O3. The minimum absolute atomic E-state index is 0.388. The number of benzene rings is 2. The van der Waals surface area contributed by atoms with Crippen LogP contribution >= 0.6 is 0 Å². The Morgan fingerprint density at radius 3 is 2.46 bits per heavy atom. The van der Waals surface area contributed by atoms with Gasteiger partial charge in [-0.15, -0.1) is 0 Å². The van der Waals surface area contributed by atoms with Crippen molar-refractivity contribution in [3.63, 3.8) is 0 Å². The highest BCUT2D eigenvalue weighted by Crippen LogP contribution is 2.29. The zero-order valence-electron chi connectivity index (χ0n) is 13.7. The van der Waals surface area contributed by atoms with E-state index in [1.54, 1.807) is 19.2 Å². The minimum atomic E-state index is -0.388. The molecule has 0 saturated carbocycles. The van der Waals surface area contributed by atoms with Crippen molar-refractivity contribution in [2.75, 3.05) is 26.2 Å². The third-order valence-electron chi connectivity index (χ3n) is 3.81. The lowest BCUT2D eigenvalue weighted by Gasteiger charge is -2.20. The molecule has 0 unspecified atom stereocenters. The summed E-state index contributed by atoms with van der Waals surface area (Å²) in [5.41, 5.74) is 2.11. The van der Waals surface area contributed by atoms with Crippen LogP contribution < -0.4 is 9.64 Å². The van der Waals surface area contributed by atoms with E-state index in [1.807, 2.05) is 42.3 Å². The van der Waals surface area contributed by atoms with Crippen LogP contribution in [0.1, 0.15) is 10.4 Å². The molecule has 0 atom stereocenters. The Morgan fingerprint density at radius 2 is 1.79 bits per heavy atom. The summed E-state index contributed by atoms with van der Waals surface area (Å²) in [7, 11) is 4.92. The second-order valence-corrected chi connectivity index (χ2v) is 5.18. The average molecular weight is 323 g/mol. The van der Waals surface area contributed by atoms with Crippen LogP contribution in [0.25, 0.3) is 10.9 Å². The third-order valence-corrected chi connectivity index (χ3v) is 3.81. The molecule has 3 aromatic rings. The van der Waals surface area contributed by atoms with E-state index in [9.17, 15) is 4.79 Å². The summed E-state index contributed by atoms with van der Waals surface area (Å²) in [6, 6.07) is 12.9. The topological polar surface area (TPSA) is 64.5 Å². The van der Waals surface area contributed by atoms with Crippen molar-refractivity contribution in [1.29, 1.82) is 0 Å². The van der Waals surface area contributed by atoms with Gasteiger partial charge in [-0.05, 0) is 42.5 Å². The summed E-state index contributed by atoms with van der Waals surface area (Å²) < 4.78 is 9.93. The zero-order valence-corrected chi connectivity index (χ0v) is 13.7. The van der Waals surface area contributed by atoms with Crippen LogP contribution in [-0.2, 0) is 4.74 Å². The van der Waals surface area contributed by atoms with Gasteiger partial charge in [-0.1, -0.05) is 0 Å². The molecule has 0 aliphatic heterocycles. The van der Waals surface area contributed by atoms with Gasteiger partial charge in [0, 0.05) is 18.1 Å². The average Bonchev–Trinajstić information content (AvgIpc) is 2.65. The summed E-state index contributed by atoms with van der Waals surface area (Å²) in [5, 5.41) is 0.850. The maximum atomic E-state index is 11.7. The molecule has 2 aromatic carbocycles. The highest BCUT2D eigenvalue weighted by molar-refractivity contribution is 5.98. The van der Waals surface area contributed by atoms with Crippen LogP contribution in [0.4, 0.5) is 11.5 Å². The van der Waals surface area contributed by atoms with Gasteiger partial charge in [-0.3, -0.25) is 0 Å². The monoisotopic (exact) mass is 323 g/mol. The van der Waals surface area contributed by atoms with Crippen LogP contribution in [0.5, 0.6) is 5.75 Å². The van der Waals surface area contributed by atoms with Crippen molar-refractivity contribution < 1.29 is 14.3 Å². The number of carbonyl (C=O) groups is 1. The maximum absolute atomic E-state index is 11.7. The number of anilines is 2. The van der Waals surface area contributed by atoms with Crippen molar-refractivity contribution in [3.05, 3.63) is 54.4 Å². The predicted octanol–water partition coefficient (Wildman–Crippen LogP) is 3.19. The lowest BCUT2D eigenvalue weighted by molar-refractivity contribution is 0.0601. The van der Waals surface area contributed by atoms with Crippen LogP contribution in [0.15, 0.2) is 48.8 Å². The molecule has 0 aliphatic rings. The van der Waals surface area contributed by atoms with Crippen molar-refractivity contribution in [3.8, 4) is 5.75 Å². The zero-order chi connectivity index (χ0) is 17.1. The molecule has 0 bridgehead atoms. The van der Waals surface area contributed by atoms with Crippen molar-refractivity contribution in [1.82, 2.24) is 9.97 Å². The number of carbonyl (C=O) groups excluding carboxylic acids is 1. The van der Waals surface area contributed by atoms with E-state index in [4.69, 9.17) is 9.47 Å². The number of fused-ring (bicyclic) bond motifs is 1. The first kappa shape index (κ1) is 15.7. The summed E-state index contributed by atoms with van der Waals surface area (Å²) in [4.78, 5) is 22.3. The SMILES string of the molecule is COC(=O)c1ccc2c(N(C)c3ccc(OC)cc3)ncnc2c1. The first-order valence-electron chi connectivity index (χ1n) is 7.35. The molecule has 6 nitrogen and oxygen atoms in total. The van der Waals surface area contributed by atoms with E-state index in [0.717, 1.165) is 22.6 Å². The fourth-order valence-corrected chi connectivity index (χ4v) is 2.48. The molecule has 0 spiro atoms. The number of nitrogens with zero attached hydrogens (tertiary/aromatic N) is 3. The highest BCUT2D eigenvalue weighted by Gasteiger charge is 2.13. The molecule has 0 saturated heterocycles. The number of rotatable bonds is 4. The first-order valence-corrected chi connectivity index (χ1v) is 7.35. The predicted molar refractivity (Wildman–Crippen MR) is 91.9 cm³/mol. The number of hydrogen-bond acceptors (Lipinski definition) is 6. The molecule has 0 radical (unpaired) electrons. The van der Waals surface area contributed by atoms with Crippen LogP contribution in [0, 0.1) is 0 Å². The largest absolute Gasteiger partial charge is 0.497 e. The van der Waals surface area contributed by atoms with E-state index >= 15 is 0 Å². The van der Waals surface area contributed by atoms with Gasteiger partial charge in [0.25, 0.3) is 0 Å². The molecule has 3 rings (SSSR count). The van der Waals surface area contributed by atoms with Gasteiger partial charge >= 0.3 is 5.97 Å². The Bertz CT molecular complexity index is 878. The van der Waals surface area contributed by atoms with Crippen LogP contribution in [0.2, 0.25) is 0 Å². The molecule has 1 aromatic heterocycles. The van der Waals surface area contributed by atoms with E-state index in [-0.39, 0.29) is 5.97 Å². The Balaban J connectivity index is 2.03. The van der Waals surface area contributed by atoms with Crippen molar-refractivity contribution in [2.24, 2.45) is 0 Å². The Labute approximate surface area is 139 Å². The number of ether oxygens (including phenoxy) is 2. The summed E-state index contributed by atoms with van der Waals surface area (Å²) in [6.45, 7) is 0. The number of hydrogen-bond donors (Lipinski definition) is 0. The Morgan fingerprint density at radius 1 is 1.04 bits per heavy atom. The lowest BCUT2D eigenvalue weighted by atomic mass is 10.1. The van der Waals surface area contributed by atoms with E-state index in [0.29, 0.717) is 11.1 Å². The van der Waals surface area contributed by atoms with Gasteiger partial charge in [0.15, 0.2) is 0 Å². The third kappa shape index (κ3) is 2.86. The summed E-state index contributed by atoms with van der Waals surface area (Å²) >= 11 is 0. The van der Waals surface area contributed by atoms with Crippen LogP contribution in [-0.4, -0.2) is 37.2 Å². The normalized spacial score (nSPS) is 10.5. The molecule has 0 amide bonds. The Hall–Kier alpha value is -3.15. The van der Waals surface area contributed by atoms with E-state index < -0.39 is 0 Å². The van der Waals surface area contributed by atoms with E-state index in [1.165, 1.54) is 13.4 Å². The molecule has 1 heterocycles. The molecular weight excluding hydrogens is 306 g/mol. The van der Waals surface area contributed by atoms with Gasteiger partial charge in [0.2, 0.25) is 0 Å². The molecule has 6 heteroatoms. The van der Waals surface area contributed by atoms with Crippen LogP contribution in [0.3, 0.4) is 0 Å². The standard InChI is InChI=1S/C18H17N3O3/c1-21(13-5-7-14(23-2)8-6-13)17-15-9-4-12(18(22)24-3)10-16(15)19-11-20-17/h4-11H,1-3H3. The number of methoxy groups -OCH3 is 2. The highest BCUT2D eigenvalue weighted by atomic mass is 16.5. The molecule has 24 heavy (non-hydrogen) atoms. The molecule has 0 fully saturated rings. The molecule has 122 valence electrons. The fraction of sp³-hybridized carbons (Fsp3) is 0.167. The first-order chi connectivity index (χ1) is 11.6. The quantitative estimate of drug-likeness (QED) is 0.687. The van der Waals surface area contributed by atoms with Gasteiger partial charge in [0.1, 0.15) is 17.9 Å². The summed E-state index contributed by atoms with van der Waals surface area (Å²) in [5.74, 6) is 1.16. The second-order valence-electron chi connectivity index (χ2n) is 5.18. The smallest absolute Gasteiger partial charge is 0.337 e. The number of aromatic nitrogens is 2. The van der Waals surface area contributed by atoms with Gasteiger partial charge in [-0.2, -0.15) is 0 Å². The van der Waals surface area contributed by atoms with Gasteiger partial charge in [-0.25, -0.2) is 14.8 Å². The fourth-order valence-electron chi connectivity index (χ4n) is 2.48.